The van der Waals surface area contributed by atoms with E-state index in [9.17, 15) is 9.59 Å². The van der Waals surface area contributed by atoms with Crippen LogP contribution in [-0.2, 0) is 7.05 Å². The van der Waals surface area contributed by atoms with Crippen molar-refractivity contribution >= 4 is 45.0 Å². The van der Waals surface area contributed by atoms with Gasteiger partial charge in [0.25, 0.3) is 11.5 Å². The highest BCUT2D eigenvalue weighted by Gasteiger charge is 2.17. The van der Waals surface area contributed by atoms with E-state index in [1.165, 1.54) is 0 Å². The highest BCUT2D eigenvalue weighted by molar-refractivity contribution is 6.31. The lowest BCUT2D eigenvalue weighted by atomic mass is 10.1. The maximum atomic E-state index is 12.7. The molecule has 2 heterocycles. The Bertz CT molecular complexity index is 1190. The third-order valence-electron chi connectivity index (χ3n) is 4.22. The number of para-hydroxylation sites is 1. The van der Waals surface area contributed by atoms with Crippen molar-refractivity contribution in [1.29, 1.82) is 0 Å². The van der Waals surface area contributed by atoms with Crippen LogP contribution in [-0.4, -0.2) is 15.5 Å². The molecule has 6 heteroatoms. The summed E-state index contributed by atoms with van der Waals surface area (Å²) in [5.41, 5.74) is 2.25. The quantitative estimate of drug-likeness (QED) is 0.574. The lowest BCUT2D eigenvalue weighted by molar-refractivity contribution is 0.102. The van der Waals surface area contributed by atoms with Crippen molar-refractivity contribution in [2.45, 2.75) is 0 Å². The highest BCUT2D eigenvalue weighted by Crippen LogP contribution is 2.24. The number of H-pyrrole nitrogens is 1. The third kappa shape index (κ3) is 2.58. The number of aromatic nitrogens is 2. The van der Waals surface area contributed by atoms with Crippen LogP contribution in [0.5, 0.6) is 0 Å². The summed E-state index contributed by atoms with van der Waals surface area (Å²) in [7, 11) is 1.78. The van der Waals surface area contributed by atoms with Crippen molar-refractivity contribution in [2.24, 2.45) is 7.05 Å². The fraction of sp³-hybridized carbons (Fsp3) is 0.0526. The number of carbonyl (C=O) groups is 1. The van der Waals surface area contributed by atoms with E-state index in [0.29, 0.717) is 21.8 Å². The SMILES string of the molecule is Cn1c(C(=O)Nc2cccc(Cl)c2)cc2c(=O)[nH]c3ccccc3c21. The molecule has 0 saturated heterocycles. The van der Waals surface area contributed by atoms with Crippen LogP contribution in [0.2, 0.25) is 5.02 Å². The number of anilines is 1. The van der Waals surface area contributed by atoms with E-state index in [2.05, 4.69) is 10.3 Å². The van der Waals surface area contributed by atoms with Crippen LogP contribution in [0.1, 0.15) is 10.5 Å². The number of hydrogen-bond acceptors (Lipinski definition) is 2. The number of nitrogens with one attached hydrogen (secondary N) is 2. The summed E-state index contributed by atoms with van der Waals surface area (Å²) in [6.45, 7) is 0. The number of benzene rings is 2. The summed E-state index contributed by atoms with van der Waals surface area (Å²) in [5.74, 6) is -0.301. The molecule has 0 fully saturated rings. The molecule has 124 valence electrons. The van der Waals surface area contributed by atoms with Crippen molar-refractivity contribution in [3.8, 4) is 0 Å². The van der Waals surface area contributed by atoms with Gasteiger partial charge in [0.05, 0.1) is 16.4 Å². The van der Waals surface area contributed by atoms with E-state index in [4.69, 9.17) is 11.6 Å². The van der Waals surface area contributed by atoms with Gasteiger partial charge in [0.15, 0.2) is 0 Å². The Morgan fingerprint density at radius 1 is 1.08 bits per heavy atom. The predicted molar refractivity (Wildman–Crippen MR) is 100 cm³/mol. The molecule has 0 spiro atoms. The van der Waals surface area contributed by atoms with Gasteiger partial charge in [-0.1, -0.05) is 35.9 Å². The van der Waals surface area contributed by atoms with Gasteiger partial charge >= 0.3 is 0 Å². The monoisotopic (exact) mass is 351 g/mol. The van der Waals surface area contributed by atoms with E-state index >= 15 is 0 Å². The molecule has 2 N–H and O–H groups in total. The van der Waals surface area contributed by atoms with Crippen LogP contribution < -0.4 is 10.9 Å². The largest absolute Gasteiger partial charge is 0.339 e. The van der Waals surface area contributed by atoms with E-state index in [-0.39, 0.29) is 11.5 Å². The van der Waals surface area contributed by atoms with Gasteiger partial charge in [0.2, 0.25) is 0 Å². The lowest BCUT2D eigenvalue weighted by Gasteiger charge is -2.08. The Hall–Kier alpha value is -3.05. The van der Waals surface area contributed by atoms with Crippen molar-refractivity contribution in [1.82, 2.24) is 9.55 Å². The molecule has 4 aromatic rings. The number of nitrogens with zero attached hydrogens (tertiary/aromatic N) is 1. The highest BCUT2D eigenvalue weighted by atomic mass is 35.5. The van der Waals surface area contributed by atoms with Crippen molar-refractivity contribution in [3.63, 3.8) is 0 Å². The topological polar surface area (TPSA) is 66.9 Å². The zero-order valence-electron chi connectivity index (χ0n) is 13.3. The van der Waals surface area contributed by atoms with Crippen LogP contribution in [0.25, 0.3) is 21.8 Å². The number of aryl methyl sites for hydroxylation is 1. The second-order valence-electron chi connectivity index (χ2n) is 5.82. The van der Waals surface area contributed by atoms with Crippen LogP contribution in [0.4, 0.5) is 5.69 Å². The number of halogens is 1. The van der Waals surface area contributed by atoms with Crippen LogP contribution in [0.3, 0.4) is 0 Å². The average molecular weight is 352 g/mol. The molecule has 2 aromatic carbocycles. The number of fused-ring (bicyclic) bond motifs is 3. The van der Waals surface area contributed by atoms with Gasteiger partial charge < -0.3 is 14.9 Å². The maximum absolute atomic E-state index is 12.7. The van der Waals surface area contributed by atoms with Gasteiger partial charge in [0.1, 0.15) is 5.69 Å². The first kappa shape index (κ1) is 15.5. The molecule has 0 atom stereocenters. The van der Waals surface area contributed by atoms with Gasteiger partial charge in [-0.15, -0.1) is 0 Å². The average Bonchev–Trinajstić information content (AvgIpc) is 2.94. The standard InChI is InChI=1S/C19H14ClN3O2/c1-23-16(19(25)21-12-6-4-5-11(20)9-12)10-14-17(23)13-7-2-3-8-15(13)22-18(14)24/h2-10H,1H3,(H,21,25)(H,22,24). The molecule has 0 radical (unpaired) electrons. The number of hydrogen-bond donors (Lipinski definition) is 2. The molecule has 0 aliphatic carbocycles. The van der Waals surface area contributed by atoms with Gasteiger partial charge in [-0.25, -0.2) is 0 Å². The van der Waals surface area contributed by atoms with E-state index in [1.807, 2.05) is 24.3 Å². The van der Waals surface area contributed by atoms with Crippen LogP contribution in [0, 0.1) is 0 Å². The molecule has 0 aliphatic rings. The smallest absolute Gasteiger partial charge is 0.272 e. The summed E-state index contributed by atoms with van der Waals surface area (Å²) in [4.78, 5) is 27.9. The minimum atomic E-state index is -0.301. The first-order valence-electron chi connectivity index (χ1n) is 7.72. The van der Waals surface area contributed by atoms with E-state index < -0.39 is 0 Å². The molecule has 0 unspecified atom stereocenters. The zero-order chi connectivity index (χ0) is 17.6. The number of aromatic amines is 1. The van der Waals surface area contributed by atoms with Crippen molar-refractivity contribution in [3.05, 3.63) is 75.7 Å². The fourth-order valence-electron chi connectivity index (χ4n) is 3.07. The lowest BCUT2D eigenvalue weighted by Crippen LogP contribution is -2.15. The Morgan fingerprint density at radius 2 is 1.88 bits per heavy atom. The molecule has 4 rings (SSSR count). The molecule has 25 heavy (non-hydrogen) atoms. The fourth-order valence-corrected chi connectivity index (χ4v) is 3.26. The molecule has 0 saturated carbocycles. The summed E-state index contributed by atoms with van der Waals surface area (Å²) in [5, 5.41) is 4.72. The molecule has 1 amide bonds. The van der Waals surface area contributed by atoms with Crippen molar-refractivity contribution in [2.75, 3.05) is 5.32 Å². The second kappa shape index (κ2) is 5.79. The Morgan fingerprint density at radius 3 is 2.68 bits per heavy atom. The minimum Gasteiger partial charge on any atom is -0.339 e. The summed E-state index contributed by atoms with van der Waals surface area (Å²) in [6, 6.07) is 16.1. The van der Waals surface area contributed by atoms with Gasteiger partial charge in [0, 0.05) is 23.1 Å². The number of pyridine rings is 1. The third-order valence-corrected chi connectivity index (χ3v) is 4.46. The first-order chi connectivity index (χ1) is 12.0. The van der Waals surface area contributed by atoms with E-state index in [1.54, 1.807) is 41.9 Å². The zero-order valence-corrected chi connectivity index (χ0v) is 14.1. The Kier molecular flexibility index (Phi) is 3.58. The summed E-state index contributed by atoms with van der Waals surface area (Å²) < 4.78 is 1.74. The number of rotatable bonds is 2. The molecule has 5 nitrogen and oxygen atoms in total. The minimum absolute atomic E-state index is 0.217. The molecule has 0 aliphatic heterocycles. The van der Waals surface area contributed by atoms with Gasteiger partial charge in [-0.3, -0.25) is 9.59 Å². The van der Waals surface area contributed by atoms with Gasteiger partial charge in [-0.2, -0.15) is 0 Å². The molecule has 2 aromatic heterocycles. The predicted octanol–water partition coefficient (Wildman–Crippen LogP) is 3.93. The maximum Gasteiger partial charge on any atom is 0.272 e. The Balaban J connectivity index is 1.87. The van der Waals surface area contributed by atoms with Gasteiger partial charge in [-0.05, 0) is 30.3 Å². The number of amides is 1. The number of carbonyl (C=O) groups excluding carboxylic acids is 1. The van der Waals surface area contributed by atoms with E-state index in [0.717, 1.165) is 16.4 Å². The Labute approximate surface area is 147 Å². The molecular weight excluding hydrogens is 338 g/mol. The van der Waals surface area contributed by atoms with Crippen molar-refractivity contribution < 1.29 is 4.79 Å². The molecular formula is C19H14ClN3O2. The first-order valence-corrected chi connectivity index (χ1v) is 8.10. The van der Waals surface area contributed by atoms with Crippen LogP contribution >= 0.6 is 11.6 Å². The molecule has 0 bridgehead atoms. The van der Waals surface area contributed by atoms with Crippen LogP contribution in [0.15, 0.2) is 59.4 Å². The normalized spacial score (nSPS) is 11.1. The summed E-state index contributed by atoms with van der Waals surface area (Å²) in [6.07, 6.45) is 0. The summed E-state index contributed by atoms with van der Waals surface area (Å²) >= 11 is 5.95. The second-order valence-corrected chi connectivity index (χ2v) is 6.25.